The van der Waals surface area contributed by atoms with Crippen LogP contribution in [0.2, 0.25) is 5.02 Å². The Morgan fingerprint density at radius 1 is 1.28 bits per heavy atom. The second-order valence-electron chi connectivity index (χ2n) is 5.73. The van der Waals surface area contributed by atoms with E-state index in [1.54, 1.807) is 11.0 Å². The van der Waals surface area contributed by atoms with Crippen molar-refractivity contribution in [1.29, 1.82) is 0 Å². The maximum absolute atomic E-state index is 12.5. The summed E-state index contributed by atoms with van der Waals surface area (Å²) in [6, 6.07) is 7.08. The third kappa shape index (κ3) is 4.15. The highest BCUT2D eigenvalue weighted by Crippen LogP contribution is 2.31. The summed E-state index contributed by atoms with van der Waals surface area (Å²) in [5.74, 6) is -0.138. The fourth-order valence-electron chi connectivity index (χ4n) is 2.62. The van der Waals surface area contributed by atoms with Crippen LogP contribution in [0.3, 0.4) is 0 Å². The minimum absolute atomic E-state index is 0.138. The van der Waals surface area contributed by atoms with Crippen LogP contribution in [0, 0.1) is 0 Å². The molecule has 1 atom stereocenters. The van der Waals surface area contributed by atoms with Gasteiger partial charge in [0.1, 0.15) is 0 Å². The van der Waals surface area contributed by atoms with E-state index in [9.17, 15) is 9.59 Å². The zero-order chi connectivity index (χ0) is 17.8. The Kier molecular flexibility index (Phi) is 5.62. The maximum atomic E-state index is 12.5. The van der Waals surface area contributed by atoms with E-state index in [2.05, 4.69) is 15.5 Å². The maximum Gasteiger partial charge on any atom is 0.243 e. The zero-order valence-electron chi connectivity index (χ0n) is 13.7. The van der Waals surface area contributed by atoms with Crippen molar-refractivity contribution in [3.05, 3.63) is 29.3 Å². The van der Waals surface area contributed by atoms with Crippen molar-refractivity contribution in [2.24, 2.45) is 0 Å². The van der Waals surface area contributed by atoms with Crippen molar-refractivity contribution in [3.8, 4) is 10.6 Å². The fourth-order valence-corrected chi connectivity index (χ4v) is 3.69. The highest BCUT2D eigenvalue weighted by molar-refractivity contribution is 7.18. The number of benzene rings is 1. The number of piperazine rings is 1. The van der Waals surface area contributed by atoms with Crippen LogP contribution >= 0.6 is 22.9 Å². The molecule has 0 aliphatic carbocycles. The predicted molar refractivity (Wildman–Crippen MR) is 97.7 cm³/mol. The van der Waals surface area contributed by atoms with Gasteiger partial charge in [-0.15, -0.1) is 10.2 Å². The molecule has 25 heavy (non-hydrogen) atoms. The molecule has 1 fully saturated rings. The van der Waals surface area contributed by atoms with Crippen LogP contribution in [0.4, 0.5) is 5.13 Å². The molecule has 1 aromatic carbocycles. The number of amides is 2. The van der Waals surface area contributed by atoms with Gasteiger partial charge in [0.05, 0.1) is 11.1 Å². The number of carbonyl (C=O) groups excluding carboxylic acids is 2. The number of aromatic nitrogens is 2. The van der Waals surface area contributed by atoms with E-state index < -0.39 is 0 Å². The summed E-state index contributed by atoms with van der Waals surface area (Å²) in [7, 11) is 0. The molecule has 9 heteroatoms. The second kappa shape index (κ2) is 7.90. The van der Waals surface area contributed by atoms with Gasteiger partial charge in [-0.25, -0.2) is 0 Å². The molecule has 0 spiro atoms. The van der Waals surface area contributed by atoms with Crippen LogP contribution in [0.5, 0.6) is 0 Å². The second-order valence-corrected chi connectivity index (χ2v) is 7.12. The summed E-state index contributed by atoms with van der Waals surface area (Å²) < 4.78 is 0. The van der Waals surface area contributed by atoms with Crippen molar-refractivity contribution < 1.29 is 9.59 Å². The van der Waals surface area contributed by atoms with Crippen molar-refractivity contribution in [2.75, 3.05) is 31.5 Å². The van der Waals surface area contributed by atoms with E-state index >= 15 is 0 Å². The average Bonchev–Trinajstić information content (AvgIpc) is 3.09. The van der Waals surface area contributed by atoms with Crippen molar-refractivity contribution in [3.63, 3.8) is 0 Å². The number of hydrogen-bond acceptors (Lipinski definition) is 6. The Morgan fingerprint density at radius 2 is 2.00 bits per heavy atom. The van der Waals surface area contributed by atoms with E-state index in [1.807, 2.05) is 30.0 Å². The van der Waals surface area contributed by atoms with E-state index in [0.717, 1.165) is 12.0 Å². The van der Waals surface area contributed by atoms with Crippen molar-refractivity contribution in [1.82, 2.24) is 20.0 Å². The van der Waals surface area contributed by atoms with E-state index in [4.69, 9.17) is 11.6 Å². The average molecular weight is 380 g/mol. The van der Waals surface area contributed by atoms with Crippen LogP contribution in [-0.4, -0.2) is 64.5 Å². The van der Waals surface area contributed by atoms with Crippen LogP contribution in [0.25, 0.3) is 10.6 Å². The molecule has 132 valence electrons. The summed E-state index contributed by atoms with van der Waals surface area (Å²) >= 11 is 7.45. The smallest absolute Gasteiger partial charge is 0.243 e. The predicted octanol–water partition coefficient (Wildman–Crippen LogP) is 1.96. The van der Waals surface area contributed by atoms with Gasteiger partial charge in [0.15, 0.2) is 5.01 Å². The van der Waals surface area contributed by atoms with Crippen LogP contribution in [-0.2, 0) is 9.59 Å². The first-order valence-electron chi connectivity index (χ1n) is 7.91. The monoisotopic (exact) mass is 379 g/mol. The van der Waals surface area contributed by atoms with Gasteiger partial charge in [-0.1, -0.05) is 41.1 Å². The number of carbonyl (C=O) groups is 2. The molecular weight excluding hydrogens is 362 g/mol. The third-order valence-electron chi connectivity index (χ3n) is 4.18. The highest BCUT2D eigenvalue weighted by Gasteiger charge is 2.25. The van der Waals surface area contributed by atoms with Crippen LogP contribution in [0.15, 0.2) is 24.3 Å². The molecule has 1 aliphatic rings. The lowest BCUT2D eigenvalue weighted by molar-refractivity contribution is -0.123. The Labute approximate surface area is 154 Å². The van der Waals surface area contributed by atoms with Gasteiger partial charge in [-0.2, -0.15) is 0 Å². The largest absolute Gasteiger partial charge is 0.343 e. The first kappa shape index (κ1) is 17.8. The number of hydrogen-bond donors (Lipinski definition) is 1. The number of anilines is 1. The Balaban J connectivity index is 1.62. The number of rotatable bonds is 5. The van der Waals surface area contributed by atoms with E-state index in [0.29, 0.717) is 41.3 Å². The number of nitrogens with one attached hydrogen (secondary N) is 1. The number of nitrogens with zero attached hydrogens (tertiary/aromatic N) is 4. The molecule has 1 unspecified atom stereocenters. The van der Waals surface area contributed by atoms with Gasteiger partial charge in [-0.05, 0) is 13.0 Å². The summed E-state index contributed by atoms with van der Waals surface area (Å²) in [4.78, 5) is 27.0. The Hall–Kier alpha value is -2.03. The first-order valence-corrected chi connectivity index (χ1v) is 9.10. The Morgan fingerprint density at radius 3 is 2.68 bits per heavy atom. The first-order chi connectivity index (χ1) is 12.1. The van der Waals surface area contributed by atoms with Crippen LogP contribution in [0.1, 0.15) is 6.92 Å². The SMILES string of the molecule is CC(C(=O)Nc1nnc(-c2ccccc2Cl)s1)N1CCN(C=O)CC1. The fraction of sp³-hybridized carbons (Fsp3) is 0.375. The molecular formula is C16H18ClN5O2S. The molecule has 0 bridgehead atoms. The van der Waals surface area contributed by atoms with Gasteiger partial charge in [0.2, 0.25) is 17.4 Å². The highest BCUT2D eigenvalue weighted by atomic mass is 35.5. The van der Waals surface area contributed by atoms with Gasteiger partial charge in [-0.3, -0.25) is 19.8 Å². The van der Waals surface area contributed by atoms with Gasteiger partial charge in [0.25, 0.3) is 0 Å². The lowest BCUT2D eigenvalue weighted by Gasteiger charge is -2.35. The molecule has 2 aromatic rings. The molecule has 2 heterocycles. The standard InChI is InChI=1S/C16H18ClN5O2S/c1-11(22-8-6-21(10-23)7-9-22)14(24)18-16-20-19-15(25-16)12-4-2-3-5-13(12)17/h2-5,10-11H,6-9H2,1H3,(H,18,20,24). The van der Waals surface area contributed by atoms with E-state index in [1.165, 1.54) is 11.3 Å². The van der Waals surface area contributed by atoms with Crippen LogP contribution < -0.4 is 5.32 Å². The molecule has 0 saturated carbocycles. The molecule has 7 nitrogen and oxygen atoms in total. The molecule has 0 radical (unpaired) electrons. The minimum atomic E-state index is -0.304. The summed E-state index contributed by atoms with van der Waals surface area (Å²) in [5, 5.41) is 12.6. The molecule has 3 rings (SSSR count). The molecule has 1 aliphatic heterocycles. The van der Waals surface area contributed by atoms with Gasteiger partial charge >= 0.3 is 0 Å². The van der Waals surface area contributed by atoms with Gasteiger partial charge in [0, 0.05) is 31.7 Å². The normalized spacial score (nSPS) is 16.5. The molecule has 1 N–H and O–H groups in total. The van der Waals surface area contributed by atoms with Gasteiger partial charge < -0.3 is 4.90 Å². The summed E-state index contributed by atoms with van der Waals surface area (Å²) in [5.41, 5.74) is 0.792. The number of halogens is 1. The molecule has 1 aromatic heterocycles. The molecule has 1 saturated heterocycles. The minimum Gasteiger partial charge on any atom is -0.343 e. The molecule has 2 amide bonds. The van der Waals surface area contributed by atoms with Crippen molar-refractivity contribution in [2.45, 2.75) is 13.0 Å². The topological polar surface area (TPSA) is 78.4 Å². The zero-order valence-corrected chi connectivity index (χ0v) is 15.3. The third-order valence-corrected chi connectivity index (χ3v) is 5.39. The van der Waals surface area contributed by atoms with E-state index in [-0.39, 0.29) is 11.9 Å². The quantitative estimate of drug-likeness (QED) is 0.803. The summed E-state index contributed by atoms with van der Waals surface area (Å²) in [6.45, 7) is 4.47. The van der Waals surface area contributed by atoms with Crippen molar-refractivity contribution >= 4 is 40.4 Å². The Bertz CT molecular complexity index is 760. The lowest BCUT2D eigenvalue weighted by Crippen LogP contribution is -2.52. The lowest BCUT2D eigenvalue weighted by atomic mass is 10.2. The summed E-state index contributed by atoms with van der Waals surface area (Å²) in [6.07, 6.45) is 0.847.